The maximum atomic E-state index is 11.9. The summed E-state index contributed by atoms with van der Waals surface area (Å²) in [7, 11) is 1.50. The van der Waals surface area contributed by atoms with E-state index in [2.05, 4.69) is 14.7 Å². The number of aryl methyl sites for hydroxylation is 2. The van der Waals surface area contributed by atoms with Crippen molar-refractivity contribution in [2.45, 2.75) is 52.4 Å². The second-order valence-corrected chi connectivity index (χ2v) is 9.60. The first-order valence-corrected chi connectivity index (χ1v) is 11.7. The van der Waals surface area contributed by atoms with Crippen molar-refractivity contribution in [1.82, 2.24) is 14.9 Å². The van der Waals surface area contributed by atoms with Crippen LogP contribution in [0.5, 0.6) is 0 Å². The third-order valence-electron chi connectivity index (χ3n) is 4.50. The molecular formula is C21H30ClN3O4S2. The Balaban J connectivity index is 0.000000344. The van der Waals surface area contributed by atoms with Crippen LogP contribution in [0.1, 0.15) is 67.9 Å². The molecular weight excluding hydrogens is 458 g/mol. The number of ether oxygens (including phenoxy) is 1. The number of amides is 1. The fraction of sp³-hybridized carbons (Fsp3) is 0.571. The number of carbonyl (C=O) groups is 3. The molecule has 3 heterocycles. The average Bonchev–Trinajstić information content (AvgIpc) is 3.37. The summed E-state index contributed by atoms with van der Waals surface area (Å²) < 4.78 is 4.68. The summed E-state index contributed by atoms with van der Waals surface area (Å²) in [6.45, 7) is 5.75. The summed E-state index contributed by atoms with van der Waals surface area (Å²) in [5.74, 6) is 0.206. The maximum absolute atomic E-state index is 11.9. The number of rotatable bonds is 8. The molecule has 0 aliphatic carbocycles. The molecule has 0 radical (unpaired) electrons. The van der Waals surface area contributed by atoms with Crippen LogP contribution in [0.25, 0.3) is 0 Å². The Bertz CT molecular complexity index is 847. The molecule has 0 N–H and O–H groups in total. The number of ketones is 2. The Morgan fingerprint density at radius 3 is 1.97 bits per heavy atom. The van der Waals surface area contributed by atoms with Crippen molar-refractivity contribution in [3.8, 4) is 0 Å². The topological polar surface area (TPSA) is 89.5 Å². The second kappa shape index (κ2) is 14.4. The summed E-state index contributed by atoms with van der Waals surface area (Å²) in [5.41, 5.74) is 0. The van der Waals surface area contributed by atoms with Crippen LogP contribution in [0.15, 0.2) is 12.4 Å². The molecule has 0 aromatic carbocycles. The van der Waals surface area contributed by atoms with Crippen LogP contribution in [0, 0.1) is 13.8 Å². The number of methoxy groups -OCH3 is 1. The summed E-state index contributed by atoms with van der Waals surface area (Å²) >= 11 is 2.82. The van der Waals surface area contributed by atoms with Crippen molar-refractivity contribution >= 4 is 52.6 Å². The van der Waals surface area contributed by atoms with E-state index in [0.717, 1.165) is 35.7 Å². The molecule has 0 bridgehead atoms. The predicted molar refractivity (Wildman–Crippen MR) is 126 cm³/mol. The van der Waals surface area contributed by atoms with Gasteiger partial charge in [-0.3, -0.25) is 14.4 Å². The van der Waals surface area contributed by atoms with Crippen LogP contribution in [0.4, 0.5) is 0 Å². The molecule has 1 saturated heterocycles. The number of thiazole rings is 2. The zero-order valence-corrected chi connectivity index (χ0v) is 20.7. The fourth-order valence-corrected chi connectivity index (χ4v) is 4.39. The first-order valence-electron chi connectivity index (χ1n) is 10.1. The van der Waals surface area contributed by atoms with Gasteiger partial charge in [-0.2, -0.15) is 0 Å². The number of hydrogen-bond acceptors (Lipinski definition) is 8. The highest BCUT2D eigenvalue weighted by Crippen LogP contribution is 2.16. The van der Waals surface area contributed by atoms with Crippen LogP contribution in [-0.4, -0.2) is 59.1 Å². The number of Topliss-reactive ketones (excluding diaryl/α,β-unsaturated/α-hetero) is 2. The minimum atomic E-state index is -0.0504. The Morgan fingerprint density at radius 2 is 1.48 bits per heavy atom. The van der Waals surface area contributed by atoms with Gasteiger partial charge in [-0.25, -0.2) is 9.97 Å². The molecule has 1 amide bonds. The molecule has 10 heteroatoms. The molecule has 3 rings (SSSR count). The van der Waals surface area contributed by atoms with Crippen molar-refractivity contribution in [1.29, 1.82) is 0 Å². The molecule has 0 atom stereocenters. The van der Waals surface area contributed by atoms with Crippen LogP contribution < -0.4 is 0 Å². The zero-order chi connectivity index (χ0) is 21.9. The summed E-state index contributed by atoms with van der Waals surface area (Å²) in [5, 5.41) is 1.10. The van der Waals surface area contributed by atoms with Gasteiger partial charge >= 0.3 is 0 Å². The molecule has 2 aromatic heterocycles. The van der Waals surface area contributed by atoms with Crippen LogP contribution >= 0.6 is 35.1 Å². The van der Waals surface area contributed by atoms with Gasteiger partial charge in [-0.05, 0) is 39.5 Å². The van der Waals surface area contributed by atoms with Gasteiger partial charge in [0.25, 0.3) is 0 Å². The monoisotopic (exact) mass is 487 g/mol. The molecule has 1 fully saturated rings. The van der Waals surface area contributed by atoms with Gasteiger partial charge in [0, 0.05) is 55.2 Å². The molecule has 0 spiro atoms. The largest absolute Gasteiger partial charge is 0.376 e. The smallest absolute Gasteiger partial charge is 0.222 e. The van der Waals surface area contributed by atoms with E-state index in [1.54, 1.807) is 12.4 Å². The molecule has 0 unspecified atom stereocenters. The number of aromatic nitrogens is 2. The molecule has 172 valence electrons. The molecule has 7 nitrogen and oxygen atoms in total. The minimum Gasteiger partial charge on any atom is -0.376 e. The third-order valence-corrected chi connectivity index (χ3v) is 6.41. The van der Waals surface area contributed by atoms with Gasteiger partial charge in [-0.15, -0.1) is 35.1 Å². The second-order valence-electron chi connectivity index (χ2n) is 7.13. The number of hydrogen-bond donors (Lipinski definition) is 0. The SMILES string of the molecule is COCC(=O)c1ncc(C)s1.Cc1cnc(C(=O)CCCC(=O)N2CCCCC2)s1.Cl. The lowest BCUT2D eigenvalue weighted by atomic mass is 10.1. The summed E-state index contributed by atoms with van der Waals surface area (Å²) in [6, 6.07) is 0. The highest BCUT2D eigenvalue weighted by molar-refractivity contribution is 7.13. The number of carbonyl (C=O) groups excluding carboxylic acids is 3. The predicted octanol–water partition coefficient (Wildman–Crippen LogP) is 4.52. The lowest BCUT2D eigenvalue weighted by Gasteiger charge is -2.26. The molecule has 0 saturated carbocycles. The lowest BCUT2D eigenvalue weighted by Crippen LogP contribution is -2.35. The standard InChI is InChI=1S/C14H20N2O2S.C7H9NO2S.ClH/c1-11-10-15-14(19-11)12(17)6-5-7-13(18)16-8-3-2-4-9-16;1-5-3-8-7(11-5)6(9)4-10-2;/h10H,2-9H2,1H3;3H,4H2,1-2H3;1H. The van der Waals surface area contributed by atoms with Gasteiger partial charge in [-0.1, -0.05) is 0 Å². The summed E-state index contributed by atoms with van der Waals surface area (Å²) in [6.07, 6.45) is 8.40. The number of likely N-dealkylation sites (tertiary alicyclic amines) is 1. The van der Waals surface area contributed by atoms with Crippen molar-refractivity contribution in [2.24, 2.45) is 0 Å². The van der Waals surface area contributed by atoms with E-state index in [-0.39, 0.29) is 36.5 Å². The number of nitrogens with zero attached hydrogens (tertiary/aromatic N) is 3. The van der Waals surface area contributed by atoms with E-state index in [9.17, 15) is 14.4 Å². The van der Waals surface area contributed by atoms with Gasteiger partial charge in [0.05, 0.1) is 0 Å². The van der Waals surface area contributed by atoms with Crippen molar-refractivity contribution in [3.63, 3.8) is 0 Å². The first-order chi connectivity index (χ1) is 14.4. The summed E-state index contributed by atoms with van der Waals surface area (Å²) in [4.78, 5) is 46.9. The van der Waals surface area contributed by atoms with Crippen molar-refractivity contribution < 1.29 is 19.1 Å². The van der Waals surface area contributed by atoms with E-state index in [4.69, 9.17) is 0 Å². The number of halogens is 1. The van der Waals surface area contributed by atoms with Gasteiger partial charge in [0.2, 0.25) is 11.7 Å². The van der Waals surface area contributed by atoms with Crippen LogP contribution in [0.2, 0.25) is 0 Å². The maximum Gasteiger partial charge on any atom is 0.222 e. The quantitative estimate of drug-likeness (QED) is 0.508. The van der Waals surface area contributed by atoms with Gasteiger partial charge < -0.3 is 9.64 Å². The first kappa shape index (κ1) is 27.4. The van der Waals surface area contributed by atoms with Gasteiger partial charge in [0.15, 0.2) is 15.8 Å². The van der Waals surface area contributed by atoms with E-state index in [1.165, 1.54) is 36.2 Å². The van der Waals surface area contributed by atoms with E-state index < -0.39 is 0 Å². The highest BCUT2D eigenvalue weighted by Gasteiger charge is 2.17. The van der Waals surface area contributed by atoms with E-state index >= 15 is 0 Å². The molecule has 31 heavy (non-hydrogen) atoms. The van der Waals surface area contributed by atoms with E-state index in [1.807, 2.05) is 18.7 Å². The lowest BCUT2D eigenvalue weighted by molar-refractivity contribution is -0.132. The van der Waals surface area contributed by atoms with Crippen LogP contribution in [-0.2, 0) is 9.53 Å². The third kappa shape index (κ3) is 9.55. The Hall–Kier alpha value is -1.68. The Morgan fingerprint density at radius 1 is 0.935 bits per heavy atom. The molecule has 1 aliphatic heterocycles. The van der Waals surface area contributed by atoms with Crippen molar-refractivity contribution in [2.75, 3.05) is 26.8 Å². The van der Waals surface area contributed by atoms with E-state index in [0.29, 0.717) is 29.3 Å². The minimum absolute atomic E-state index is 0. The zero-order valence-electron chi connectivity index (χ0n) is 18.2. The normalized spacial score (nSPS) is 13.1. The molecule has 2 aromatic rings. The Kier molecular flexibility index (Phi) is 12.7. The Labute approximate surface area is 197 Å². The van der Waals surface area contributed by atoms with Gasteiger partial charge in [0.1, 0.15) is 6.61 Å². The molecule has 1 aliphatic rings. The van der Waals surface area contributed by atoms with Crippen molar-refractivity contribution in [3.05, 3.63) is 32.2 Å². The number of piperidine rings is 1. The average molecular weight is 488 g/mol. The van der Waals surface area contributed by atoms with Crippen LogP contribution in [0.3, 0.4) is 0 Å². The fourth-order valence-electron chi connectivity index (χ4n) is 2.97. The highest BCUT2D eigenvalue weighted by atomic mass is 35.5.